The quantitative estimate of drug-likeness (QED) is 0.926. The first kappa shape index (κ1) is 16.1. The number of hydrogen-bond donors (Lipinski definition) is 1. The van der Waals surface area contributed by atoms with Crippen LogP contribution in [0.2, 0.25) is 0 Å². The Balaban J connectivity index is 1.48. The number of aryl methyl sites for hydroxylation is 1. The molecule has 2 aromatic rings. The molecule has 2 aromatic heterocycles. The van der Waals surface area contributed by atoms with Crippen LogP contribution in [0.3, 0.4) is 0 Å². The summed E-state index contributed by atoms with van der Waals surface area (Å²) < 4.78 is 0. The van der Waals surface area contributed by atoms with Gasteiger partial charge in [0.05, 0.1) is 5.56 Å². The molecule has 7 nitrogen and oxygen atoms in total. The maximum atomic E-state index is 12.8. The molecular formula is C18H24N6O. The summed E-state index contributed by atoms with van der Waals surface area (Å²) in [5.74, 6) is 3.09. The van der Waals surface area contributed by atoms with Gasteiger partial charge in [-0.15, -0.1) is 0 Å². The number of likely N-dealkylation sites (tertiary alicyclic amines) is 1. The third kappa shape index (κ3) is 3.23. The van der Waals surface area contributed by atoms with Crippen LogP contribution in [0, 0.1) is 6.92 Å². The average Bonchev–Trinajstić information content (AvgIpc) is 3.33. The van der Waals surface area contributed by atoms with Gasteiger partial charge in [-0.3, -0.25) is 9.89 Å². The van der Waals surface area contributed by atoms with Crippen molar-refractivity contribution in [1.29, 1.82) is 0 Å². The lowest BCUT2D eigenvalue weighted by atomic mass is 9.96. The van der Waals surface area contributed by atoms with Crippen LogP contribution in [-0.4, -0.2) is 57.2 Å². The standard InChI is InChI=1S/C18H24N6O/c1-13-20-16(22-21-13)14-6-11-23(12-7-14)17-15(5-4-8-19-17)18(25)24-9-2-3-10-24/h4-5,8,14H,2-3,6-7,9-12H2,1H3,(H,20,21,22). The average molecular weight is 340 g/mol. The van der Waals surface area contributed by atoms with Crippen molar-refractivity contribution in [2.75, 3.05) is 31.1 Å². The van der Waals surface area contributed by atoms with Crippen LogP contribution < -0.4 is 4.90 Å². The van der Waals surface area contributed by atoms with E-state index in [2.05, 4.69) is 25.1 Å². The highest BCUT2D eigenvalue weighted by Gasteiger charge is 2.28. The lowest BCUT2D eigenvalue weighted by Gasteiger charge is -2.33. The number of pyridine rings is 1. The predicted molar refractivity (Wildman–Crippen MR) is 94.7 cm³/mol. The van der Waals surface area contributed by atoms with Gasteiger partial charge in [-0.05, 0) is 44.7 Å². The van der Waals surface area contributed by atoms with E-state index < -0.39 is 0 Å². The van der Waals surface area contributed by atoms with Gasteiger partial charge in [-0.2, -0.15) is 5.10 Å². The van der Waals surface area contributed by atoms with Crippen LogP contribution in [0.15, 0.2) is 18.3 Å². The number of carbonyl (C=O) groups excluding carboxylic acids is 1. The normalized spacial score (nSPS) is 18.8. The molecule has 4 rings (SSSR count). The van der Waals surface area contributed by atoms with Crippen molar-refractivity contribution >= 4 is 11.7 Å². The molecule has 132 valence electrons. The molecule has 0 aromatic carbocycles. The number of amides is 1. The third-order valence-electron chi connectivity index (χ3n) is 5.18. The second-order valence-corrected chi connectivity index (χ2v) is 6.91. The van der Waals surface area contributed by atoms with E-state index in [1.54, 1.807) is 6.20 Å². The molecular weight excluding hydrogens is 316 g/mol. The zero-order valence-electron chi connectivity index (χ0n) is 14.6. The number of hydrogen-bond acceptors (Lipinski definition) is 5. The van der Waals surface area contributed by atoms with E-state index in [1.807, 2.05) is 24.0 Å². The molecule has 25 heavy (non-hydrogen) atoms. The van der Waals surface area contributed by atoms with Crippen molar-refractivity contribution in [3.63, 3.8) is 0 Å². The first-order valence-corrected chi connectivity index (χ1v) is 9.10. The topological polar surface area (TPSA) is 78.0 Å². The Morgan fingerprint density at radius 1 is 1.20 bits per heavy atom. The van der Waals surface area contributed by atoms with Gasteiger partial charge in [-0.25, -0.2) is 9.97 Å². The number of carbonyl (C=O) groups is 1. The third-order valence-corrected chi connectivity index (χ3v) is 5.18. The summed E-state index contributed by atoms with van der Waals surface area (Å²) in [5, 5.41) is 7.23. The number of piperidine rings is 1. The molecule has 2 aliphatic heterocycles. The van der Waals surface area contributed by atoms with Gasteiger partial charge in [0.2, 0.25) is 0 Å². The van der Waals surface area contributed by atoms with Gasteiger partial charge in [0.25, 0.3) is 5.91 Å². The fourth-order valence-electron chi connectivity index (χ4n) is 3.80. The summed E-state index contributed by atoms with van der Waals surface area (Å²) in [7, 11) is 0. The second kappa shape index (κ2) is 6.82. The molecule has 0 bridgehead atoms. The molecule has 2 fully saturated rings. The molecule has 2 saturated heterocycles. The number of nitrogens with zero attached hydrogens (tertiary/aromatic N) is 5. The summed E-state index contributed by atoms with van der Waals surface area (Å²) in [6.45, 7) is 5.39. The number of aromatic amines is 1. The smallest absolute Gasteiger partial charge is 0.257 e. The first-order chi connectivity index (χ1) is 12.2. The molecule has 2 aliphatic rings. The minimum atomic E-state index is 0.118. The Morgan fingerprint density at radius 3 is 2.64 bits per heavy atom. The van der Waals surface area contributed by atoms with Crippen molar-refractivity contribution in [2.24, 2.45) is 0 Å². The van der Waals surface area contributed by atoms with Gasteiger partial charge >= 0.3 is 0 Å². The van der Waals surface area contributed by atoms with Gasteiger partial charge < -0.3 is 9.80 Å². The molecule has 0 unspecified atom stereocenters. The molecule has 1 amide bonds. The summed E-state index contributed by atoms with van der Waals surface area (Å²) in [6.07, 6.45) is 5.93. The fraction of sp³-hybridized carbons (Fsp3) is 0.556. The van der Waals surface area contributed by atoms with E-state index in [0.29, 0.717) is 5.92 Å². The molecule has 0 atom stereocenters. The number of H-pyrrole nitrogens is 1. The molecule has 7 heteroatoms. The van der Waals surface area contributed by atoms with Crippen molar-refractivity contribution in [3.8, 4) is 0 Å². The van der Waals surface area contributed by atoms with E-state index in [4.69, 9.17) is 0 Å². The van der Waals surface area contributed by atoms with Gasteiger partial charge in [-0.1, -0.05) is 0 Å². The van der Waals surface area contributed by atoms with Crippen molar-refractivity contribution in [1.82, 2.24) is 25.1 Å². The van der Waals surface area contributed by atoms with Crippen LogP contribution in [-0.2, 0) is 0 Å². The minimum Gasteiger partial charge on any atom is -0.356 e. The molecule has 0 spiro atoms. The van der Waals surface area contributed by atoms with Crippen LogP contribution >= 0.6 is 0 Å². The monoisotopic (exact) mass is 340 g/mol. The molecule has 0 saturated carbocycles. The van der Waals surface area contributed by atoms with E-state index in [9.17, 15) is 4.79 Å². The number of nitrogens with one attached hydrogen (secondary N) is 1. The fourth-order valence-corrected chi connectivity index (χ4v) is 3.80. The lowest BCUT2D eigenvalue weighted by Crippen LogP contribution is -2.36. The van der Waals surface area contributed by atoms with Crippen molar-refractivity contribution in [3.05, 3.63) is 35.5 Å². The highest BCUT2D eigenvalue weighted by molar-refractivity contribution is 5.99. The van der Waals surface area contributed by atoms with Gasteiger partial charge in [0.1, 0.15) is 11.6 Å². The lowest BCUT2D eigenvalue weighted by molar-refractivity contribution is 0.0793. The van der Waals surface area contributed by atoms with Crippen molar-refractivity contribution in [2.45, 2.75) is 38.5 Å². The largest absolute Gasteiger partial charge is 0.356 e. The van der Waals surface area contributed by atoms with Crippen molar-refractivity contribution < 1.29 is 4.79 Å². The van der Waals surface area contributed by atoms with Crippen LogP contribution in [0.5, 0.6) is 0 Å². The van der Waals surface area contributed by atoms with Gasteiger partial charge in [0, 0.05) is 38.3 Å². The maximum absolute atomic E-state index is 12.8. The van der Waals surface area contributed by atoms with Gasteiger partial charge in [0.15, 0.2) is 5.82 Å². The Bertz CT molecular complexity index is 744. The van der Waals surface area contributed by atoms with Crippen LogP contribution in [0.4, 0.5) is 5.82 Å². The van der Waals surface area contributed by atoms with E-state index in [0.717, 1.165) is 74.9 Å². The Hall–Kier alpha value is -2.44. The Labute approximate surface area is 147 Å². The van der Waals surface area contributed by atoms with Crippen LogP contribution in [0.25, 0.3) is 0 Å². The summed E-state index contributed by atoms with van der Waals surface area (Å²) in [4.78, 5) is 26.0. The minimum absolute atomic E-state index is 0.118. The molecule has 0 radical (unpaired) electrons. The van der Waals surface area contributed by atoms with Crippen LogP contribution in [0.1, 0.15) is 53.6 Å². The number of aromatic nitrogens is 4. The highest BCUT2D eigenvalue weighted by atomic mass is 16.2. The first-order valence-electron chi connectivity index (χ1n) is 9.10. The molecule has 0 aliphatic carbocycles. The number of anilines is 1. The Kier molecular flexibility index (Phi) is 4.38. The van der Waals surface area contributed by atoms with E-state index in [-0.39, 0.29) is 5.91 Å². The second-order valence-electron chi connectivity index (χ2n) is 6.91. The summed E-state index contributed by atoms with van der Waals surface area (Å²) >= 11 is 0. The van der Waals surface area contributed by atoms with E-state index in [1.165, 1.54) is 0 Å². The SMILES string of the molecule is Cc1nc(C2CCN(c3ncccc3C(=O)N3CCCC3)CC2)n[nH]1. The molecule has 1 N–H and O–H groups in total. The predicted octanol–water partition coefficient (Wildman–Crippen LogP) is 2.13. The summed E-state index contributed by atoms with van der Waals surface area (Å²) in [5.41, 5.74) is 0.733. The van der Waals surface area contributed by atoms with E-state index >= 15 is 0 Å². The Morgan fingerprint density at radius 2 is 1.96 bits per heavy atom. The molecule has 4 heterocycles. The zero-order chi connectivity index (χ0) is 17.2. The number of rotatable bonds is 3. The maximum Gasteiger partial charge on any atom is 0.257 e. The summed E-state index contributed by atoms with van der Waals surface area (Å²) in [6, 6.07) is 3.77. The highest BCUT2D eigenvalue weighted by Crippen LogP contribution is 2.30. The zero-order valence-corrected chi connectivity index (χ0v) is 14.6.